The lowest BCUT2D eigenvalue weighted by atomic mass is 9.95. The summed E-state index contributed by atoms with van der Waals surface area (Å²) in [5, 5.41) is 0. The first-order valence-electron chi connectivity index (χ1n) is 3.74. The molecule has 0 aromatic rings. The van der Waals surface area contributed by atoms with Gasteiger partial charge in [-0.25, -0.2) is 0 Å². The summed E-state index contributed by atoms with van der Waals surface area (Å²) in [7, 11) is -3.39. The van der Waals surface area contributed by atoms with Crippen LogP contribution in [-0.2, 0) is 14.3 Å². The molecule has 1 unspecified atom stereocenters. The summed E-state index contributed by atoms with van der Waals surface area (Å²) in [6, 6.07) is 0. The molecule has 1 heterocycles. The molecule has 0 aromatic carbocycles. The van der Waals surface area contributed by atoms with E-state index in [1.807, 2.05) is 0 Å². The molecule has 1 aliphatic heterocycles. The van der Waals surface area contributed by atoms with E-state index in [4.69, 9.17) is 10.6 Å². The molecule has 12 heavy (non-hydrogen) atoms. The van der Waals surface area contributed by atoms with Crippen LogP contribution in [0.25, 0.3) is 0 Å². The van der Waals surface area contributed by atoms with Crippen molar-refractivity contribution in [1.82, 2.24) is 0 Å². The van der Waals surface area contributed by atoms with Crippen molar-refractivity contribution >= 4 is 10.1 Å². The van der Waals surface area contributed by atoms with Crippen LogP contribution in [0.4, 0.5) is 0 Å². The van der Waals surface area contributed by atoms with Crippen LogP contribution >= 0.6 is 0 Å². The fraction of sp³-hybridized carbons (Fsp3) is 0.750. The Bertz CT molecular complexity index is 308. The molecule has 0 N–H and O–H groups in total. The van der Waals surface area contributed by atoms with Crippen molar-refractivity contribution in [3.63, 3.8) is 0 Å². The normalized spacial score (nSPS) is 32.2. The van der Waals surface area contributed by atoms with E-state index in [2.05, 4.69) is 5.92 Å². The maximum Gasteiger partial charge on any atom is 0.269 e. The monoisotopic (exact) mass is 188 g/mol. The van der Waals surface area contributed by atoms with Gasteiger partial charge in [-0.1, -0.05) is 0 Å². The van der Waals surface area contributed by atoms with Crippen molar-refractivity contribution in [3.05, 3.63) is 0 Å². The molecule has 1 saturated heterocycles. The van der Waals surface area contributed by atoms with Crippen LogP contribution in [0.5, 0.6) is 0 Å². The molecule has 1 aliphatic rings. The third kappa shape index (κ3) is 2.23. The molecule has 3 nitrogen and oxygen atoms in total. The van der Waals surface area contributed by atoms with Crippen molar-refractivity contribution in [3.8, 4) is 12.3 Å². The molecule has 4 heteroatoms. The lowest BCUT2D eigenvalue weighted by molar-refractivity contribution is 0.0826. The average molecular weight is 188 g/mol. The topological polar surface area (TPSA) is 43.4 Å². The van der Waals surface area contributed by atoms with E-state index in [0.717, 1.165) is 0 Å². The van der Waals surface area contributed by atoms with Gasteiger partial charge in [0.05, 0.1) is 11.4 Å². The van der Waals surface area contributed by atoms with Crippen LogP contribution in [0.1, 0.15) is 20.3 Å². The number of hydrogen-bond donors (Lipinski definition) is 0. The molecule has 0 aromatic heterocycles. The first-order valence-corrected chi connectivity index (χ1v) is 5.32. The second-order valence-corrected chi connectivity index (χ2v) is 5.25. The number of terminal acetylenes is 1. The maximum atomic E-state index is 11.1. The molecule has 1 fully saturated rings. The van der Waals surface area contributed by atoms with E-state index in [1.165, 1.54) is 0 Å². The Kier molecular flexibility index (Phi) is 2.19. The molecule has 1 atom stereocenters. The Labute approximate surface area is 73.2 Å². The molecule has 0 amide bonds. The fourth-order valence-electron chi connectivity index (χ4n) is 1.42. The van der Waals surface area contributed by atoms with Crippen LogP contribution in [0.2, 0.25) is 0 Å². The molecule has 0 bridgehead atoms. The molecular formula is C8H12O3S. The minimum absolute atomic E-state index is 0.0487. The second kappa shape index (κ2) is 2.75. The quantitative estimate of drug-likeness (QED) is 0.416. The van der Waals surface area contributed by atoms with E-state index >= 15 is 0 Å². The van der Waals surface area contributed by atoms with Crippen LogP contribution < -0.4 is 0 Å². The lowest BCUT2D eigenvalue weighted by Gasteiger charge is -2.32. The van der Waals surface area contributed by atoms with E-state index < -0.39 is 15.7 Å². The first kappa shape index (κ1) is 9.56. The first-order chi connectivity index (χ1) is 5.35. The van der Waals surface area contributed by atoms with Gasteiger partial charge in [0.25, 0.3) is 10.1 Å². The van der Waals surface area contributed by atoms with Gasteiger partial charge in [0, 0.05) is 5.92 Å². The molecule has 1 rings (SSSR count). The zero-order valence-electron chi connectivity index (χ0n) is 7.20. The van der Waals surface area contributed by atoms with Gasteiger partial charge in [-0.15, -0.1) is 12.3 Å². The summed E-state index contributed by atoms with van der Waals surface area (Å²) < 4.78 is 27.1. The lowest BCUT2D eigenvalue weighted by Crippen LogP contribution is -2.39. The second-order valence-electron chi connectivity index (χ2n) is 3.64. The smallest absolute Gasteiger partial charge is 0.264 e. The zero-order valence-corrected chi connectivity index (χ0v) is 8.02. The SMILES string of the molecule is C#CC1CC(C)(C)OS(=O)(=O)C1. The molecule has 0 spiro atoms. The van der Waals surface area contributed by atoms with Crippen molar-refractivity contribution in [1.29, 1.82) is 0 Å². The fourth-order valence-corrected chi connectivity index (χ4v) is 2.95. The van der Waals surface area contributed by atoms with Crippen LogP contribution in [0, 0.1) is 18.3 Å². The third-order valence-electron chi connectivity index (χ3n) is 1.73. The third-order valence-corrected chi connectivity index (χ3v) is 3.25. The number of hydrogen-bond acceptors (Lipinski definition) is 3. The van der Waals surface area contributed by atoms with E-state index in [1.54, 1.807) is 13.8 Å². The largest absolute Gasteiger partial charge is 0.269 e. The van der Waals surface area contributed by atoms with Crippen LogP contribution in [0.3, 0.4) is 0 Å². The van der Waals surface area contributed by atoms with Crippen molar-refractivity contribution in [2.24, 2.45) is 5.92 Å². The summed E-state index contributed by atoms with van der Waals surface area (Å²) >= 11 is 0. The van der Waals surface area contributed by atoms with Crippen LogP contribution in [0.15, 0.2) is 0 Å². The summed E-state index contributed by atoms with van der Waals surface area (Å²) in [6.07, 6.45) is 5.78. The van der Waals surface area contributed by atoms with E-state index in [-0.39, 0.29) is 11.7 Å². The van der Waals surface area contributed by atoms with Crippen molar-refractivity contribution in [2.45, 2.75) is 25.9 Å². The van der Waals surface area contributed by atoms with Gasteiger partial charge in [-0.2, -0.15) is 8.42 Å². The van der Waals surface area contributed by atoms with Gasteiger partial charge in [-0.3, -0.25) is 4.18 Å². The Morgan fingerprint density at radius 2 is 2.17 bits per heavy atom. The molecular weight excluding hydrogens is 176 g/mol. The molecule has 0 radical (unpaired) electrons. The Morgan fingerprint density at radius 1 is 1.58 bits per heavy atom. The minimum atomic E-state index is -3.39. The molecule has 0 saturated carbocycles. The highest BCUT2D eigenvalue weighted by Gasteiger charge is 2.36. The predicted molar refractivity (Wildman–Crippen MR) is 45.9 cm³/mol. The Hall–Kier alpha value is -0.530. The average Bonchev–Trinajstić information content (AvgIpc) is 1.80. The van der Waals surface area contributed by atoms with Gasteiger partial charge in [-0.05, 0) is 20.3 Å². The Morgan fingerprint density at radius 3 is 2.58 bits per heavy atom. The highest BCUT2D eigenvalue weighted by Crippen LogP contribution is 2.29. The van der Waals surface area contributed by atoms with E-state index in [0.29, 0.717) is 6.42 Å². The van der Waals surface area contributed by atoms with Crippen molar-refractivity contribution < 1.29 is 12.6 Å². The highest BCUT2D eigenvalue weighted by atomic mass is 32.2. The standard InChI is InChI=1S/C8H12O3S/c1-4-7-5-8(2,3)11-12(9,10)6-7/h1,7H,5-6H2,2-3H3. The minimum Gasteiger partial charge on any atom is -0.264 e. The highest BCUT2D eigenvalue weighted by molar-refractivity contribution is 7.86. The van der Waals surface area contributed by atoms with Crippen LogP contribution in [-0.4, -0.2) is 19.8 Å². The van der Waals surface area contributed by atoms with Gasteiger partial charge in [0.1, 0.15) is 0 Å². The number of rotatable bonds is 0. The predicted octanol–water partition coefficient (Wildman–Crippen LogP) is 0.764. The summed E-state index contributed by atoms with van der Waals surface area (Å²) in [6.45, 7) is 3.46. The van der Waals surface area contributed by atoms with Gasteiger partial charge in [0.2, 0.25) is 0 Å². The maximum absolute atomic E-state index is 11.1. The van der Waals surface area contributed by atoms with Gasteiger partial charge in [0.15, 0.2) is 0 Å². The van der Waals surface area contributed by atoms with Gasteiger partial charge >= 0.3 is 0 Å². The Balaban J connectivity index is 2.89. The molecule has 68 valence electrons. The van der Waals surface area contributed by atoms with E-state index in [9.17, 15) is 8.42 Å². The summed E-state index contributed by atoms with van der Waals surface area (Å²) in [4.78, 5) is 0. The van der Waals surface area contributed by atoms with Crippen molar-refractivity contribution in [2.75, 3.05) is 5.75 Å². The van der Waals surface area contributed by atoms with Gasteiger partial charge < -0.3 is 0 Å². The molecule has 0 aliphatic carbocycles. The summed E-state index contributed by atoms with van der Waals surface area (Å²) in [5.41, 5.74) is -0.645. The summed E-state index contributed by atoms with van der Waals surface area (Å²) in [5.74, 6) is 2.20. The zero-order chi connectivity index (χ0) is 9.41.